The van der Waals surface area contributed by atoms with Crippen LogP contribution in [0.2, 0.25) is 0 Å². The summed E-state index contributed by atoms with van der Waals surface area (Å²) in [6.45, 7) is 0. The Bertz CT molecular complexity index is 396. The molecule has 1 saturated heterocycles. The van der Waals surface area contributed by atoms with Gasteiger partial charge in [-0.3, -0.25) is 14.5 Å². The minimum atomic E-state index is -0.807. The van der Waals surface area contributed by atoms with Gasteiger partial charge in [0.05, 0.1) is 17.9 Å². The monoisotopic (exact) mass is 232 g/mol. The molecule has 0 aromatic rings. The molecule has 2 unspecified atom stereocenters. The number of fused-ring (bicyclic) bond motifs is 1. The van der Waals surface area contributed by atoms with Gasteiger partial charge in [-0.1, -0.05) is 6.42 Å². The molecule has 0 N–H and O–H groups in total. The Morgan fingerprint density at radius 2 is 1.59 bits per heavy atom. The zero-order valence-electron chi connectivity index (χ0n) is 9.82. The summed E-state index contributed by atoms with van der Waals surface area (Å²) in [4.78, 5) is 25.9. The molecular weight excluding hydrogens is 216 g/mol. The van der Waals surface area contributed by atoms with E-state index in [1.54, 1.807) is 0 Å². The highest BCUT2D eigenvalue weighted by Crippen LogP contribution is 2.46. The van der Waals surface area contributed by atoms with E-state index in [4.69, 9.17) is 0 Å². The fourth-order valence-electron chi connectivity index (χ4n) is 3.76. The van der Waals surface area contributed by atoms with E-state index < -0.39 is 5.54 Å². The van der Waals surface area contributed by atoms with E-state index >= 15 is 0 Å². The number of imide groups is 1. The van der Waals surface area contributed by atoms with Crippen LogP contribution in [0.3, 0.4) is 0 Å². The molecule has 1 heterocycles. The third-order valence-electron chi connectivity index (χ3n) is 4.66. The predicted octanol–water partition coefficient (Wildman–Crippen LogP) is 1.61. The largest absolute Gasteiger partial charge is 0.274 e. The van der Waals surface area contributed by atoms with Gasteiger partial charge >= 0.3 is 0 Å². The Hall–Kier alpha value is -1.37. The van der Waals surface area contributed by atoms with Crippen molar-refractivity contribution in [2.45, 2.75) is 50.5 Å². The van der Waals surface area contributed by atoms with Gasteiger partial charge in [-0.2, -0.15) is 5.26 Å². The van der Waals surface area contributed by atoms with E-state index in [0.29, 0.717) is 12.8 Å². The van der Waals surface area contributed by atoms with Crippen molar-refractivity contribution in [2.24, 2.45) is 11.8 Å². The summed E-state index contributed by atoms with van der Waals surface area (Å²) in [5.41, 5.74) is -0.807. The van der Waals surface area contributed by atoms with E-state index in [1.165, 1.54) is 4.90 Å². The number of carbonyl (C=O) groups is 2. The van der Waals surface area contributed by atoms with E-state index in [1.807, 2.05) is 0 Å². The van der Waals surface area contributed by atoms with Crippen LogP contribution in [0.5, 0.6) is 0 Å². The molecule has 0 aromatic carbocycles. The number of amides is 2. The molecule has 0 spiro atoms. The van der Waals surface area contributed by atoms with Crippen molar-refractivity contribution in [3.8, 4) is 6.07 Å². The fourth-order valence-corrected chi connectivity index (χ4v) is 3.76. The lowest BCUT2D eigenvalue weighted by Crippen LogP contribution is -2.49. The van der Waals surface area contributed by atoms with Gasteiger partial charge in [0.2, 0.25) is 11.8 Å². The highest BCUT2D eigenvalue weighted by atomic mass is 16.2. The molecule has 4 nitrogen and oxygen atoms in total. The minimum Gasteiger partial charge on any atom is -0.274 e. The maximum Gasteiger partial charge on any atom is 0.234 e. The molecule has 90 valence electrons. The third-order valence-corrected chi connectivity index (χ3v) is 4.66. The first-order valence-corrected chi connectivity index (χ1v) is 6.49. The van der Waals surface area contributed by atoms with Gasteiger partial charge in [0.25, 0.3) is 0 Å². The van der Waals surface area contributed by atoms with Gasteiger partial charge in [0.15, 0.2) is 0 Å². The summed E-state index contributed by atoms with van der Waals surface area (Å²) < 4.78 is 0. The van der Waals surface area contributed by atoms with Crippen LogP contribution in [0.4, 0.5) is 0 Å². The number of hydrogen-bond donors (Lipinski definition) is 0. The molecule has 2 amide bonds. The first-order valence-electron chi connectivity index (χ1n) is 6.49. The van der Waals surface area contributed by atoms with Crippen molar-refractivity contribution < 1.29 is 9.59 Å². The normalized spacial score (nSPS) is 35.1. The number of nitriles is 1. The molecule has 3 aliphatic rings. The van der Waals surface area contributed by atoms with Crippen LogP contribution in [0.1, 0.15) is 44.9 Å². The highest BCUT2D eigenvalue weighted by Gasteiger charge is 2.57. The zero-order valence-corrected chi connectivity index (χ0v) is 9.82. The van der Waals surface area contributed by atoms with E-state index in [2.05, 4.69) is 6.07 Å². The lowest BCUT2D eigenvalue weighted by molar-refractivity contribution is -0.145. The van der Waals surface area contributed by atoms with Gasteiger partial charge in [-0.15, -0.1) is 0 Å². The smallest absolute Gasteiger partial charge is 0.234 e. The Labute approximate surface area is 101 Å². The van der Waals surface area contributed by atoms with Crippen LogP contribution in [0.25, 0.3) is 0 Å². The molecule has 0 radical (unpaired) electrons. The van der Waals surface area contributed by atoms with Gasteiger partial charge in [0, 0.05) is 0 Å². The van der Waals surface area contributed by atoms with Crippen LogP contribution < -0.4 is 0 Å². The minimum absolute atomic E-state index is 0.0686. The average molecular weight is 232 g/mol. The molecule has 1 aliphatic heterocycles. The number of nitrogens with zero attached hydrogens (tertiary/aromatic N) is 2. The maximum absolute atomic E-state index is 12.3. The molecule has 4 heteroatoms. The Morgan fingerprint density at radius 3 is 2.06 bits per heavy atom. The lowest BCUT2D eigenvalue weighted by atomic mass is 9.97. The SMILES string of the molecule is N#CC1(N2C(=O)C3CCCC3C2=O)CCCC1. The number of rotatable bonds is 1. The van der Waals surface area contributed by atoms with Crippen molar-refractivity contribution in [3.63, 3.8) is 0 Å². The Kier molecular flexibility index (Phi) is 2.25. The standard InChI is InChI=1S/C13H16N2O2/c14-8-13(6-1-2-7-13)15-11(16)9-4-3-5-10(9)12(15)17/h9-10H,1-7H2. The maximum atomic E-state index is 12.3. The quantitative estimate of drug-likeness (QED) is 0.645. The molecule has 0 bridgehead atoms. The Balaban J connectivity index is 1.96. The van der Waals surface area contributed by atoms with Gasteiger partial charge in [-0.25, -0.2) is 0 Å². The van der Waals surface area contributed by atoms with E-state index in [0.717, 1.165) is 32.1 Å². The molecule has 3 rings (SSSR count). The van der Waals surface area contributed by atoms with Gasteiger partial charge < -0.3 is 0 Å². The average Bonchev–Trinajstić information content (AvgIpc) is 3.01. The summed E-state index contributed by atoms with van der Waals surface area (Å²) in [5, 5.41) is 9.38. The molecule has 2 saturated carbocycles. The second kappa shape index (κ2) is 3.56. The summed E-state index contributed by atoms with van der Waals surface area (Å²) in [6, 6.07) is 2.25. The topological polar surface area (TPSA) is 61.2 Å². The number of carbonyl (C=O) groups excluding carboxylic acids is 2. The summed E-state index contributed by atoms with van der Waals surface area (Å²) in [7, 11) is 0. The van der Waals surface area contributed by atoms with Crippen molar-refractivity contribution in [1.82, 2.24) is 4.90 Å². The molecular formula is C13H16N2O2. The Morgan fingerprint density at radius 1 is 1.06 bits per heavy atom. The van der Waals surface area contributed by atoms with Crippen LogP contribution >= 0.6 is 0 Å². The summed E-state index contributed by atoms with van der Waals surface area (Å²) >= 11 is 0. The number of hydrogen-bond acceptors (Lipinski definition) is 3. The van der Waals surface area contributed by atoms with E-state index in [9.17, 15) is 14.9 Å². The predicted molar refractivity (Wildman–Crippen MR) is 59.5 cm³/mol. The van der Waals surface area contributed by atoms with Crippen LogP contribution in [-0.2, 0) is 9.59 Å². The van der Waals surface area contributed by atoms with Gasteiger partial charge in [-0.05, 0) is 38.5 Å². The highest BCUT2D eigenvalue weighted by molar-refractivity contribution is 6.06. The lowest BCUT2D eigenvalue weighted by Gasteiger charge is -2.31. The molecule has 3 fully saturated rings. The van der Waals surface area contributed by atoms with Gasteiger partial charge in [0.1, 0.15) is 5.54 Å². The first kappa shape index (κ1) is 10.8. The second-order valence-electron chi connectivity index (χ2n) is 5.51. The summed E-state index contributed by atoms with van der Waals surface area (Å²) in [5.74, 6) is -0.372. The first-order chi connectivity index (χ1) is 8.19. The summed E-state index contributed by atoms with van der Waals surface area (Å²) in [6.07, 6.45) is 5.85. The second-order valence-corrected chi connectivity index (χ2v) is 5.51. The van der Waals surface area contributed by atoms with Crippen molar-refractivity contribution in [3.05, 3.63) is 0 Å². The molecule has 17 heavy (non-hydrogen) atoms. The molecule has 2 aliphatic carbocycles. The zero-order chi connectivity index (χ0) is 12.0. The van der Waals surface area contributed by atoms with Crippen LogP contribution in [-0.4, -0.2) is 22.3 Å². The molecule has 0 aromatic heterocycles. The van der Waals surface area contributed by atoms with Crippen molar-refractivity contribution in [2.75, 3.05) is 0 Å². The molecule has 2 atom stereocenters. The van der Waals surface area contributed by atoms with Crippen molar-refractivity contribution in [1.29, 1.82) is 5.26 Å². The van der Waals surface area contributed by atoms with Crippen LogP contribution in [0, 0.1) is 23.2 Å². The third kappa shape index (κ3) is 1.28. The van der Waals surface area contributed by atoms with Crippen LogP contribution in [0.15, 0.2) is 0 Å². The van der Waals surface area contributed by atoms with E-state index in [-0.39, 0.29) is 23.7 Å². The number of likely N-dealkylation sites (tertiary alicyclic amines) is 1. The van der Waals surface area contributed by atoms with Crippen molar-refractivity contribution >= 4 is 11.8 Å². The fraction of sp³-hybridized carbons (Fsp3) is 0.769.